The molecule has 0 aliphatic carbocycles. The molecule has 0 spiro atoms. The summed E-state index contributed by atoms with van der Waals surface area (Å²) < 4.78 is 2.08. The number of aromatic nitrogens is 3. The molecule has 1 aliphatic rings. The van der Waals surface area contributed by atoms with Crippen molar-refractivity contribution in [2.45, 2.75) is 31.9 Å². The summed E-state index contributed by atoms with van der Waals surface area (Å²) in [5, 5.41) is 10.7. The Morgan fingerprint density at radius 1 is 1.12 bits per heavy atom. The lowest BCUT2D eigenvalue weighted by molar-refractivity contribution is -0.133. The molecule has 0 unspecified atom stereocenters. The summed E-state index contributed by atoms with van der Waals surface area (Å²) in [6, 6.07) is 11.8. The Kier molecular flexibility index (Phi) is 4.67. The minimum atomic E-state index is -0.271. The van der Waals surface area contributed by atoms with Crippen LogP contribution in [-0.4, -0.2) is 49.6 Å². The summed E-state index contributed by atoms with van der Waals surface area (Å²) >= 11 is 0. The van der Waals surface area contributed by atoms with Crippen LogP contribution < -0.4 is 0 Å². The van der Waals surface area contributed by atoms with Crippen molar-refractivity contribution >= 4 is 16.9 Å². The number of aliphatic hydroxyl groups excluding tert-OH is 1. The van der Waals surface area contributed by atoms with Crippen molar-refractivity contribution in [2.75, 3.05) is 13.1 Å². The van der Waals surface area contributed by atoms with E-state index in [0.29, 0.717) is 38.9 Å². The lowest BCUT2D eigenvalue weighted by Crippen LogP contribution is -2.40. The predicted octanol–water partition coefficient (Wildman–Crippen LogP) is 2.47. The molecule has 26 heavy (non-hydrogen) atoms. The fourth-order valence-electron chi connectivity index (χ4n) is 3.52. The molecule has 0 atom stereocenters. The topological polar surface area (TPSA) is 71.2 Å². The summed E-state index contributed by atoms with van der Waals surface area (Å²) in [6.07, 6.45) is 5.02. The molecule has 0 bridgehead atoms. The number of aliphatic hydroxyl groups is 1. The number of nitrogens with zero attached hydrogens (tertiary/aromatic N) is 4. The first-order valence-electron chi connectivity index (χ1n) is 9.04. The van der Waals surface area contributed by atoms with Gasteiger partial charge >= 0.3 is 0 Å². The molecule has 4 rings (SSSR count). The molecule has 1 fully saturated rings. The highest BCUT2D eigenvalue weighted by molar-refractivity contribution is 5.84. The third kappa shape index (κ3) is 3.32. The molecule has 1 N–H and O–H groups in total. The maximum atomic E-state index is 12.6. The Bertz CT molecular complexity index is 899. The lowest BCUT2D eigenvalue weighted by atomic mass is 10.1. The van der Waals surface area contributed by atoms with Crippen molar-refractivity contribution < 1.29 is 9.90 Å². The van der Waals surface area contributed by atoms with Gasteiger partial charge in [0.15, 0.2) is 0 Å². The molecule has 6 heteroatoms. The van der Waals surface area contributed by atoms with Crippen molar-refractivity contribution in [3.05, 3.63) is 48.8 Å². The van der Waals surface area contributed by atoms with E-state index in [0.717, 1.165) is 22.4 Å². The Labute approximate surface area is 152 Å². The smallest absolute Gasteiger partial charge is 0.224 e. The number of aryl methyl sites for hydroxylation is 1. The number of carbonyl (C=O) groups excluding carboxylic acids is 1. The molecule has 3 aromatic heterocycles. The first kappa shape index (κ1) is 16.7. The highest BCUT2D eigenvalue weighted by Gasteiger charge is 2.21. The number of pyridine rings is 2. The van der Waals surface area contributed by atoms with E-state index in [1.165, 1.54) is 0 Å². The minimum absolute atomic E-state index is 0.127. The number of hydrogen-bond donors (Lipinski definition) is 1. The van der Waals surface area contributed by atoms with Gasteiger partial charge in [-0.05, 0) is 43.2 Å². The van der Waals surface area contributed by atoms with Gasteiger partial charge in [0.1, 0.15) is 5.65 Å². The van der Waals surface area contributed by atoms with Crippen molar-refractivity contribution in [3.63, 3.8) is 0 Å². The first-order valence-corrected chi connectivity index (χ1v) is 9.04. The molecule has 4 heterocycles. The maximum absolute atomic E-state index is 12.6. The number of likely N-dealkylation sites (tertiary alicyclic amines) is 1. The molecule has 6 nitrogen and oxygen atoms in total. The van der Waals surface area contributed by atoms with Crippen molar-refractivity contribution in [1.82, 2.24) is 19.4 Å². The van der Waals surface area contributed by atoms with E-state index >= 15 is 0 Å². The van der Waals surface area contributed by atoms with Crippen LogP contribution in [0, 0.1) is 0 Å². The average Bonchev–Trinajstić information content (AvgIpc) is 3.06. The Morgan fingerprint density at radius 3 is 2.69 bits per heavy atom. The van der Waals surface area contributed by atoms with Crippen LogP contribution in [0.15, 0.2) is 48.8 Å². The molecular weight excluding hydrogens is 328 g/mol. The zero-order valence-corrected chi connectivity index (χ0v) is 14.6. The fraction of sp³-hybridized carbons (Fsp3) is 0.350. The largest absolute Gasteiger partial charge is 0.393 e. The highest BCUT2D eigenvalue weighted by Crippen LogP contribution is 2.26. The van der Waals surface area contributed by atoms with Gasteiger partial charge in [0.05, 0.1) is 17.5 Å². The molecule has 0 aromatic carbocycles. The van der Waals surface area contributed by atoms with Gasteiger partial charge in [-0.3, -0.25) is 9.78 Å². The molecule has 1 amide bonds. The molecule has 0 radical (unpaired) electrons. The molecule has 3 aromatic rings. The first-order chi connectivity index (χ1) is 12.7. The number of carbonyl (C=O) groups is 1. The van der Waals surface area contributed by atoms with Crippen LogP contribution in [0.25, 0.3) is 22.4 Å². The van der Waals surface area contributed by atoms with E-state index in [1.54, 1.807) is 12.4 Å². The van der Waals surface area contributed by atoms with Crippen LogP contribution in [0.2, 0.25) is 0 Å². The van der Waals surface area contributed by atoms with E-state index in [4.69, 9.17) is 0 Å². The zero-order chi connectivity index (χ0) is 17.9. The molecule has 0 saturated carbocycles. The molecule has 1 aliphatic heterocycles. The van der Waals surface area contributed by atoms with E-state index < -0.39 is 0 Å². The number of rotatable bonds is 4. The third-order valence-corrected chi connectivity index (χ3v) is 4.95. The normalized spacial score (nSPS) is 15.5. The van der Waals surface area contributed by atoms with Gasteiger partial charge < -0.3 is 14.6 Å². The number of hydrogen-bond acceptors (Lipinski definition) is 4. The fourth-order valence-corrected chi connectivity index (χ4v) is 3.52. The number of amides is 1. The second-order valence-electron chi connectivity index (χ2n) is 6.67. The van der Waals surface area contributed by atoms with Gasteiger partial charge in [0.25, 0.3) is 0 Å². The Balaban J connectivity index is 1.58. The summed E-state index contributed by atoms with van der Waals surface area (Å²) in [6.45, 7) is 1.83. The maximum Gasteiger partial charge on any atom is 0.224 e. The minimum Gasteiger partial charge on any atom is -0.393 e. The summed E-state index contributed by atoms with van der Waals surface area (Å²) in [7, 11) is 0. The summed E-state index contributed by atoms with van der Waals surface area (Å²) in [5.41, 5.74) is 2.72. The Hall–Kier alpha value is -2.73. The highest BCUT2D eigenvalue weighted by atomic mass is 16.3. The lowest BCUT2D eigenvalue weighted by Gasteiger charge is -2.29. The van der Waals surface area contributed by atoms with Crippen LogP contribution in [0.3, 0.4) is 0 Å². The monoisotopic (exact) mass is 350 g/mol. The third-order valence-electron chi connectivity index (χ3n) is 4.95. The van der Waals surface area contributed by atoms with Gasteiger partial charge in [-0.1, -0.05) is 6.07 Å². The van der Waals surface area contributed by atoms with Crippen LogP contribution in [-0.2, 0) is 11.3 Å². The van der Waals surface area contributed by atoms with E-state index in [2.05, 4.69) is 20.6 Å². The average molecular weight is 350 g/mol. The summed E-state index contributed by atoms with van der Waals surface area (Å²) in [4.78, 5) is 23.4. The molecule has 1 saturated heterocycles. The van der Waals surface area contributed by atoms with Crippen molar-refractivity contribution in [3.8, 4) is 11.4 Å². The van der Waals surface area contributed by atoms with Crippen LogP contribution in [0.4, 0.5) is 0 Å². The second-order valence-corrected chi connectivity index (χ2v) is 6.67. The predicted molar refractivity (Wildman–Crippen MR) is 99.4 cm³/mol. The Morgan fingerprint density at radius 2 is 1.92 bits per heavy atom. The van der Waals surface area contributed by atoms with E-state index in [1.807, 2.05) is 35.2 Å². The standard InChI is InChI=1S/C20H22N4O2/c25-16-6-11-23(12-7-16)19(26)8-13-24-18(17-5-1-2-9-21-17)14-15-4-3-10-22-20(15)24/h1-5,9-10,14,16,25H,6-8,11-13H2. The van der Waals surface area contributed by atoms with Gasteiger partial charge in [0.2, 0.25) is 5.91 Å². The quantitative estimate of drug-likeness (QED) is 0.785. The molecular formula is C20H22N4O2. The zero-order valence-electron chi connectivity index (χ0n) is 14.6. The molecule has 134 valence electrons. The van der Waals surface area contributed by atoms with Gasteiger partial charge in [-0.15, -0.1) is 0 Å². The SMILES string of the molecule is O=C(CCn1c(-c2ccccn2)cc2cccnc21)N1CCC(O)CC1. The van der Waals surface area contributed by atoms with Gasteiger partial charge in [-0.2, -0.15) is 0 Å². The van der Waals surface area contributed by atoms with Crippen molar-refractivity contribution in [1.29, 1.82) is 0 Å². The van der Waals surface area contributed by atoms with Gasteiger partial charge in [-0.25, -0.2) is 4.98 Å². The van der Waals surface area contributed by atoms with Crippen LogP contribution in [0.5, 0.6) is 0 Å². The van der Waals surface area contributed by atoms with Gasteiger partial charge in [0, 0.05) is 43.8 Å². The van der Waals surface area contributed by atoms with Crippen LogP contribution in [0.1, 0.15) is 19.3 Å². The number of piperidine rings is 1. The summed E-state index contributed by atoms with van der Waals surface area (Å²) in [5.74, 6) is 0.127. The van der Waals surface area contributed by atoms with E-state index in [9.17, 15) is 9.90 Å². The van der Waals surface area contributed by atoms with Crippen molar-refractivity contribution in [2.24, 2.45) is 0 Å². The van der Waals surface area contributed by atoms with Crippen LogP contribution >= 0.6 is 0 Å². The number of fused-ring (bicyclic) bond motifs is 1. The van der Waals surface area contributed by atoms with E-state index in [-0.39, 0.29) is 12.0 Å². The second kappa shape index (κ2) is 7.25.